The Labute approximate surface area is 170 Å². The molecule has 1 aliphatic rings. The lowest BCUT2D eigenvalue weighted by atomic mass is 10.0. The van der Waals surface area contributed by atoms with E-state index in [0.29, 0.717) is 36.9 Å². The Bertz CT molecular complexity index is 908. The summed E-state index contributed by atoms with van der Waals surface area (Å²) in [7, 11) is -3.70. The minimum absolute atomic E-state index is 0.0653. The number of pyridine rings is 1. The predicted molar refractivity (Wildman–Crippen MR) is 107 cm³/mol. The molecule has 0 bridgehead atoms. The third kappa shape index (κ3) is 6.52. The number of amides is 1. The number of carbonyl (C=O) groups excluding carboxylic acids is 1. The second-order valence-corrected chi connectivity index (χ2v) is 8.51. The van der Waals surface area contributed by atoms with E-state index in [9.17, 15) is 13.2 Å². The third-order valence-corrected chi connectivity index (χ3v) is 5.69. The standard InChI is InChI=1S/C20H25N3O5S/c21-29(25,26)18-4-1-15(2-5-18)7-10-22-20(24)17-3-6-19(23-13-17)28-14-16-8-11-27-12-9-16/h1-6,13,16H,7-12,14H2,(H,22,24)(H2,21,25,26). The second-order valence-electron chi connectivity index (χ2n) is 6.95. The molecule has 9 heteroatoms. The number of sulfonamides is 1. The molecule has 0 saturated carbocycles. The quantitative estimate of drug-likeness (QED) is 0.669. The normalized spacial score (nSPS) is 15.1. The first-order valence-corrected chi connectivity index (χ1v) is 11.0. The van der Waals surface area contributed by atoms with Gasteiger partial charge in [-0.1, -0.05) is 12.1 Å². The van der Waals surface area contributed by atoms with E-state index in [-0.39, 0.29) is 10.8 Å². The third-order valence-electron chi connectivity index (χ3n) is 4.76. The number of hydrogen-bond donors (Lipinski definition) is 2. The number of nitrogens with two attached hydrogens (primary N) is 1. The molecule has 0 unspecified atom stereocenters. The van der Waals surface area contributed by atoms with Crippen LogP contribution < -0.4 is 15.2 Å². The fourth-order valence-corrected chi connectivity index (χ4v) is 3.50. The summed E-state index contributed by atoms with van der Waals surface area (Å²) in [5.41, 5.74) is 1.35. The summed E-state index contributed by atoms with van der Waals surface area (Å²) in [6, 6.07) is 9.64. The second kappa shape index (κ2) is 9.82. The van der Waals surface area contributed by atoms with E-state index in [1.807, 2.05) is 0 Å². The van der Waals surface area contributed by atoms with Gasteiger partial charge in [0.25, 0.3) is 5.91 Å². The number of nitrogens with zero attached hydrogens (tertiary/aromatic N) is 1. The monoisotopic (exact) mass is 419 g/mol. The number of hydrogen-bond acceptors (Lipinski definition) is 6. The van der Waals surface area contributed by atoms with E-state index >= 15 is 0 Å². The van der Waals surface area contributed by atoms with Crippen LogP contribution in [0.4, 0.5) is 0 Å². The van der Waals surface area contributed by atoms with Crippen molar-refractivity contribution in [3.8, 4) is 5.88 Å². The summed E-state index contributed by atoms with van der Waals surface area (Å²) in [5, 5.41) is 7.89. The molecule has 2 heterocycles. The van der Waals surface area contributed by atoms with Gasteiger partial charge in [-0.15, -0.1) is 0 Å². The largest absolute Gasteiger partial charge is 0.477 e. The first-order valence-electron chi connectivity index (χ1n) is 9.48. The van der Waals surface area contributed by atoms with E-state index in [1.54, 1.807) is 24.3 Å². The number of rotatable bonds is 8. The zero-order valence-corrected chi connectivity index (χ0v) is 16.9. The molecule has 1 saturated heterocycles. The predicted octanol–water partition coefficient (Wildman–Crippen LogP) is 1.51. The van der Waals surface area contributed by atoms with Crippen LogP contribution in [-0.2, 0) is 21.2 Å². The average Bonchev–Trinajstić information content (AvgIpc) is 2.73. The van der Waals surface area contributed by atoms with Crippen LogP contribution in [0.15, 0.2) is 47.5 Å². The molecule has 0 atom stereocenters. The van der Waals surface area contributed by atoms with Gasteiger partial charge in [-0.25, -0.2) is 18.5 Å². The first-order chi connectivity index (χ1) is 13.9. The van der Waals surface area contributed by atoms with Gasteiger partial charge in [0.05, 0.1) is 17.1 Å². The Morgan fingerprint density at radius 2 is 1.90 bits per heavy atom. The molecule has 29 heavy (non-hydrogen) atoms. The van der Waals surface area contributed by atoms with Crippen molar-refractivity contribution in [2.75, 3.05) is 26.4 Å². The molecular weight excluding hydrogens is 394 g/mol. The van der Waals surface area contributed by atoms with Gasteiger partial charge in [0, 0.05) is 32.0 Å². The maximum absolute atomic E-state index is 12.2. The molecule has 2 aromatic rings. The minimum Gasteiger partial charge on any atom is -0.477 e. The van der Waals surface area contributed by atoms with Gasteiger partial charge < -0.3 is 14.8 Å². The van der Waals surface area contributed by atoms with Crippen LogP contribution in [0.3, 0.4) is 0 Å². The molecule has 0 radical (unpaired) electrons. The zero-order chi connectivity index (χ0) is 20.7. The average molecular weight is 420 g/mol. The highest BCUT2D eigenvalue weighted by molar-refractivity contribution is 7.89. The van der Waals surface area contributed by atoms with Crippen LogP contribution in [-0.4, -0.2) is 45.7 Å². The minimum atomic E-state index is -3.70. The highest BCUT2D eigenvalue weighted by Crippen LogP contribution is 2.17. The summed E-state index contributed by atoms with van der Waals surface area (Å²) in [5.74, 6) is 0.755. The maximum atomic E-state index is 12.2. The number of aromatic nitrogens is 1. The lowest BCUT2D eigenvalue weighted by Gasteiger charge is -2.21. The van der Waals surface area contributed by atoms with Crippen molar-refractivity contribution in [1.29, 1.82) is 0 Å². The van der Waals surface area contributed by atoms with Crippen LogP contribution in [0, 0.1) is 5.92 Å². The van der Waals surface area contributed by atoms with Crippen molar-refractivity contribution >= 4 is 15.9 Å². The van der Waals surface area contributed by atoms with Crippen molar-refractivity contribution in [1.82, 2.24) is 10.3 Å². The lowest BCUT2D eigenvalue weighted by Crippen LogP contribution is -2.26. The Hall–Kier alpha value is -2.49. The molecule has 8 nitrogen and oxygen atoms in total. The van der Waals surface area contributed by atoms with E-state index in [2.05, 4.69) is 10.3 Å². The summed E-state index contributed by atoms with van der Waals surface area (Å²) in [4.78, 5) is 16.5. The molecule has 1 fully saturated rings. The number of carbonyl (C=O) groups is 1. The van der Waals surface area contributed by atoms with Gasteiger partial charge in [0.1, 0.15) is 0 Å². The topological polar surface area (TPSA) is 121 Å². The Morgan fingerprint density at radius 3 is 2.52 bits per heavy atom. The SMILES string of the molecule is NS(=O)(=O)c1ccc(CCNC(=O)c2ccc(OCC3CCOCC3)nc2)cc1. The van der Waals surface area contributed by atoms with Crippen molar-refractivity contribution < 1.29 is 22.7 Å². The molecule has 156 valence electrons. The summed E-state index contributed by atoms with van der Waals surface area (Å²) < 4.78 is 33.5. The maximum Gasteiger partial charge on any atom is 0.252 e. The number of ether oxygens (including phenoxy) is 2. The summed E-state index contributed by atoms with van der Waals surface area (Å²) in [6.45, 7) is 2.56. The zero-order valence-electron chi connectivity index (χ0n) is 16.0. The molecule has 1 aromatic carbocycles. The van der Waals surface area contributed by atoms with Gasteiger partial charge in [-0.2, -0.15) is 0 Å². The molecule has 1 aliphatic heterocycles. The smallest absolute Gasteiger partial charge is 0.252 e. The van der Waals surface area contributed by atoms with Crippen molar-refractivity contribution in [3.63, 3.8) is 0 Å². The van der Waals surface area contributed by atoms with Crippen LogP contribution in [0.2, 0.25) is 0 Å². The molecule has 1 amide bonds. The number of benzene rings is 1. The molecule has 0 aliphatic carbocycles. The molecule has 0 spiro atoms. The van der Waals surface area contributed by atoms with Crippen LogP contribution in [0.5, 0.6) is 5.88 Å². The molecule has 3 N–H and O–H groups in total. The Kier molecular flexibility index (Phi) is 7.18. The van der Waals surface area contributed by atoms with Crippen molar-refractivity contribution in [3.05, 3.63) is 53.7 Å². The highest BCUT2D eigenvalue weighted by Gasteiger charge is 2.15. The first kappa shape index (κ1) is 21.2. The van der Waals surface area contributed by atoms with Crippen LogP contribution in [0.25, 0.3) is 0 Å². The van der Waals surface area contributed by atoms with Crippen LogP contribution in [0.1, 0.15) is 28.8 Å². The van der Waals surface area contributed by atoms with Crippen molar-refractivity contribution in [2.24, 2.45) is 11.1 Å². The fraction of sp³-hybridized carbons (Fsp3) is 0.400. The summed E-state index contributed by atoms with van der Waals surface area (Å²) in [6.07, 6.45) is 4.04. The van der Waals surface area contributed by atoms with Gasteiger partial charge in [0.2, 0.25) is 15.9 Å². The highest BCUT2D eigenvalue weighted by atomic mass is 32.2. The Balaban J connectivity index is 1.43. The molecule has 1 aromatic heterocycles. The van der Waals surface area contributed by atoms with Crippen molar-refractivity contribution in [2.45, 2.75) is 24.2 Å². The number of nitrogens with one attached hydrogen (secondary N) is 1. The van der Waals surface area contributed by atoms with E-state index in [0.717, 1.165) is 31.6 Å². The lowest BCUT2D eigenvalue weighted by molar-refractivity contribution is 0.0490. The van der Waals surface area contributed by atoms with Gasteiger partial charge in [-0.05, 0) is 48.9 Å². The number of primary sulfonamides is 1. The van der Waals surface area contributed by atoms with E-state index in [4.69, 9.17) is 14.6 Å². The fourth-order valence-electron chi connectivity index (χ4n) is 2.98. The van der Waals surface area contributed by atoms with E-state index < -0.39 is 10.0 Å². The Morgan fingerprint density at radius 1 is 1.17 bits per heavy atom. The van der Waals surface area contributed by atoms with E-state index in [1.165, 1.54) is 18.3 Å². The molecular formula is C20H25N3O5S. The van der Waals surface area contributed by atoms with Gasteiger partial charge >= 0.3 is 0 Å². The van der Waals surface area contributed by atoms with Crippen LogP contribution >= 0.6 is 0 Å². The van der Waals surface area contributed by atoms with Gasteiger partial charge in [0.15, 0.2) is 0 Å². The summed E-state index contributed by atoms with van der Waals surface area (Å²) >= 11 is 0. The molecule has 3 rings (SSSR count). The van der Waals surface area contributed by atoms with Gasteiger partial charge in [-0.3, -0.25) is 4.79 Å².